The van der Waals surface area contributed by atoms with Crippen molar-refractivity contribution in [3.8, 4) is 28.7 Å². The van der Waals surface area contributed by atoms with Crippen LogP contribution in [0.5, 0.6) is 28.7 Å². The summed E-state index contributed by atoms with van der Waals surface area (Å²) >= 11 is 0. The quantitative estimate of drug-likeness (QED) is 0.176. The number of aliphatic hydroxyl groups excluding tert-OH is 1. The van der Waals surface area contributed by atoms with E-state index in [4.69, 9.17) is 28.8 Å². The summed E-state index contributed by atoms with van der Waals surface area (Å²) in [5, 5.41) is 7.00. The lowest BCUT2D eigenvalue weighted by atomic mass is 9.83. The number of rotatable bonds is 9. The van der Waals surface area contributed by atoms with Gasteiger partial charge >= 0.3 is 0 Å². The second-order valence-corrected chi connectivity index (χ2v) is 10.8. The van der Waals surface area contributed by atoms with Gasteiger partial charge in [0.25, 0.3) is 0 Å². The molecular weight excluding hydrogens is 551 g/mol. The SMILES string of the molecule is CO.COc1cc2c(c(OC)c1)[C@@H](C=O)c1cc(OC)cc(OC)c1C(c1ccc(OCc3ccccc3)cc1)PC2. The van der Waals surface area contributed by atoms with Crippen molar-refractivity contribution in [1.29, 1.82) is 0 Å². The third-order valence-electron chi connectivity index (χ3n) is 7.29. The van der Waals surface area contributed by atoms with Gasteiger partial charge in [0.15, 0.2) is 0 Å². The Morgan fingerprint density at radius 1 is 0.762 bits per heavy atom. The second kappa shape index (κ2) is 14.7. The Balaban J connectivity index is 0.00000198. The molecule has 0 bridgehead atoms. The standard InChI is InChI=1S/C33H33O6P.CH4O/c1-35-25-14-23-20-40-33(22-10-12-24(13-11-22)39-19-21-8-6-5-7-9-21)32-27(15-26(36-2)17-30(32)38-4)28(18-34)31(23)29(16-25)37-3;1-2/h5-18,28,33,40H,19-20H2,1-4H3;2H,1H3/t28-,33?;/m0./s1. The van der Waals surface area contributed by atoms with Crippen molar-refractivity contribution in [3.63, 3.8) is 0 Å². The minimum atomic E-state index is -0.573. The van der Waals surface area contributed by atoms with Crippen LogP contribution in [-0.4, -0.2) is 46.9 Å². The van der Waals surface area contributed by atoms with Crippen LogP contribution < -0.4 is 23.7 Å². The van der Waals surface area contributed by atoms with Crippen molar-refractivity contribution < 1.29 is 33.6 Å². The van der Waals surface area contributed by atoms with E-state index < -0.39 is 5.92 Å². The van der Waals surface area contributed by atoms with Gasteiger partial charge in [0, 0.05) is 36.0 Å². The lowest BCUT2D eigenvalue weighted by Crippen LogP contribution is -2.16. The fourth-order valence-corrected chi connectivity index (χ4v) is 6.97. The Bertz CT molecular complexity index is 1470. The summed E-state index contributed by atoms with van der Waals surface area (Å²) in [6, 6.07) is 26.0. The predicted molar refractivity (Wildman–Crippen MR) is 166 cm³/mol. The van der Waals surface area contributed by atoms with E-state index in [1.165, 1.54) is 0 Å². The normalized spacial score (nSPS) is 16.0. The van der Waals surface area contributed by atoms with Crippen LogP contribution in [-0.2, 0) is 17.6 Å². The predicted octanol–water partition coefficient (Wildman–Crippen LogP) is 6.52. The molecule has 1 aliphatic heterocycles. The largest absolute Gasteiger partial charge is 0.497 e. The molecule has 0 saturated heterocycles. The molecule has 1 aliphatic rings. The Labute approximate surface area is 249 Å². The van der Waals surface area contributed by atoms with Gasteiger partial charge in [-0.15, -0.1) is 8.58 Å². The van der Waals surface area contributed by atoms with Gasteiger partial charge in [0.1, 0.15) is 41.6 Å². The zero-order chi connectivity index (χ0) is 30.1. The fourth-order valence-electron chi connectivity index (χ4n) is 5.31. The first-order valence-electron chi connectivity index (χ1n) is 13.5. The molecule has 1 heterocycles. The highest BCUT2D eigenvalue weighted by Crippen LogP contribution is 2.54. The number of fused-ring (bicyclic) bond motifs is 2. The van der Waals surface area contributed by atoms with E-state index in [1.807, 2.05) is 66.7 Å². The van der Waals surface area contributed by atoms with Crippen molar-refractivity contribution in [2.75, 3.05) is 35.5 Å². The van der Waals surface area contributed by atoms with Crippen LogP contribution in [0.1, 0.15) is 45.0 Å². The Morgan fingerprint density at radius 3 is 1.98 bits per heavy atom. The number of benzene rings is 4. The van der Waals surface area contributed by atoms with Crippen LogP contribution in [0, 0.1) is 0 Å². The molecule has 0 saturated carbocycles. The first-order valence-corrected chi connectivity index (χ1v) is 14.8. The highest BCUT2D eigenvalue weighted by atomic mass is 31.1. The first-order chi connectivity index (χ1) is 20.6. The maximum Gasteiger partial charge on any atom is 0.132 e. The Morgan fingerprint density at radius 2 is 1.38 bits per heavy atom. The van der Waals surface area contributed by atoms with Crippen molar-refractivity contribution in [1.82, 2.24) is 0 Å². The van der Waals surface area contributed by atoms with Gasteiger partial charge < -0.3 is 33.6 Å². The molecule has 1 N–H and O–H groups in total. The molecule has 0 aromatic heterocycles. The molecule has 2 unspecified atom stereocenters. The van der Waals surface area contributed by atoms with Crippen molar-refractivity contribution in [2.24, 2.45) is 0 Å². The highest BCUT2D eigenvalue weighted by Gasteiger charge is 2.33. The molecular formula is C34H37O7P. The van der Waals surface area contributed by atoms with Gasteiger partial charge in [0.05, 0.1) is 34.4 Å². The molecule has 220 valence electrons. The average Bonchev–Trinajstić information content (AvgIpc) is 3.05. The van der Waals surface area contributed by atoms with E-state index in [1.54, 1.807) is 28.4 Å². The zero-order valence-electron chi connectivity index (χ0n) is 24.5. The van der Waals surface area contributed by atoms with Crippen LogP contribution >= 0.6 is 8.58 Å². The van der Waals surface area contributed by atoms with Gasteiger partial charge in [-0.2, -0.15) is 0 Å². The molecule has 0 fully saturated rings. The number of methoxy groups -OCH3 is 4. The minimum Gasteiger partial charge on any atom is -0.497 e. The van der Waals surface area contributed by atoms with Crippen LogP contribution in [0.4, 0.5) is 0 Å². The minimum absolute atomic E-state index is 0.00757. The monoisotopic (exact) mass is 588 g/mol. The van der Waals surface area contributed by atoms with Crippen LogP contribution in [0.3, 0.4) is 0 Å². The van der Waals surface area contributed by atoms with E-state index in [2.05, 4.69) is 12.1 Å². The third-order valence-corrected chi connectivity index (χ3v) is 8.90. The molecule has 7 nitrogen and oxygen atoms in total. The topological polar surface area (TPSA) is 83.5 Å². The smallest absolute Gasteiger partial charge is 0.132 e. The molecule has 3 atom stereocenters. The molecule has 5 rings (SSSR count). The van der Waals surface area contributed by atoms with Crippen LogP contribution in [0.2, 0.25) is 0 Å². The maximum absolute atomic E-state index is 12.9. The van der Waals surface area contributed by atoms with Gasteiger partial charge in [0.2, 0.25) is 0 Å². The summed E-state index contributed by atoms with van der Waals surface area (Å²) in [5.74, 6) is 2.88. The molecule has 42 heavy (non-hydrogen) atoms. The van der Waals surface area contributed by atoms with Crippen LogP contribution in [0.25, 0.3) is 0 Å². The van der Waals surface area contributed by atoms with E-state index in [0.717, 1.165) is 58.7 Å². The van der Waals surface area contributed by atoms with Gasteiger partial charge in [-0.25, -0.2) is 0 Å². The first kappa shape index (κ1) is 30.9. The summed E-state index contributed by atoms with van der Waals surface area (Å²) in [4.78, 5) is 12.9. The van der Waals surface area contributed by atoms with Gasteiger partial charge in [-0.05, 0) is 52.7 Å². The summed E-state index contributed by atoms with van der Waals surface area (Å²) in [6.45, 7) is 0.503. The Kier molecular flexibility index (Phi) is 10.8. The van der Waals surface area contributed by atoms with Gasteiger partial charge in [-0.1, -0.05) is 42.5 Å². The second-order valence-electron chi connectivity index (χ2n) is 9.51. The third kappa shape index (κ3) is 6.53. The molecule has 0 radical (unpaired) electrons. The van der Waals surface area contributed by atoms with Gasteiger partial charge in [-0.3, -0.25) is 0 Å². The van der Waals surface area contributed by atoms with E-state index in [9.17, 15) is 4.79 Å². The average molecular weight is 589 g/mol. The number of carbonyl (C=O) groups excluding carboxylic acids is 1. The summed E-state index contributed by atoms with van der Waals surface area (Å²) < 4.78 is 28.9. The summed E-state index contributed by atoms with van der Waals surface area (Å²) in [7, 11) is 8.00. The van der Waals surface area contributed by atoms with Crippen molar-refractivity contribution >= 4 is 14.9 Å². The number of aldehydes is 1. The Hall–Kier alpha value is -4.06. The van der Waals surface area contributed by atoms with Crippen molar-refractivity contribution in [3.05, 3.63) is 112 Å². The van der Waals surface area contributed by atoms with Crippen molar-refractivity contribution in [2.45, 2.75) is 24.3 Å². The van der Waals surface area contributed by atoms with E-state index in [0.29, 0.717) is 38.2 Å². The molecule has 0 amide bonds. The molecule has 4 aromatic carbocycles. The molecule has 4 aromatic rings. The fraction of sp³-hybridized carbons (Fsp3) is 0.265. The summed E-state index contributed by atoms with van der Waals surface area (Å²) in [6.07, 6.45) is 1.73. The molecule has 0 spiro atoms. The highest BCUT2D eigenvalue weighted by molar-refractivity contribution is 7.38. The van der Waals surface area contributed by atoms with Crippen LogP contribution in [0.15, 0.2) is 78.9 Å². The van der Waals surface area contributed by atoms with E-state index >= 15 is 0 Å². The lowest BCUT2D eigenvalue weighted by Gasteiger charge is -2.31. The number of hydrogen-bond donors (Lipinski definition) is 1. The zero-order valence-corrected chi connectivity index (χ0v) is 25.5. The molecule has 8 heteroatoms. The number of aliphatic hydroxyl groups is 1. The number of ether oxygens (including phenoxy) is 5. The van der Waals surface area contributed by atoms with E-state index in [-0.39, 0.29) is 5.66 Å². The molecule has 0 aliphatic carbocycles. The lowest BCUT2D eigenvalue weighted by molar-refractivity contribution is -0.108. The number of hydrogen-bond acceptors (Lipinski definition) is 7. The number of carbonyl (C=O) groups is 1. The summed E-state index contributed by atoms with van der Waals surface area (Å²) in [5.41, 5.74) is 5.95. The maximum atomic E-state index is 12.9.